The second-order valence-corrected chi connectivity index (χ2v) is 12.7. The van der Waals surface area contributed by atoms with Gasteiger partial charge in [0.05, 0.1) is 5.69 Å². The van der Waals surface area contributed by atoms with Crippen LogP contribution in [0.2, 0.25) is 0 Å². The molecular formula is C34H37F3N6O2S. The lowest BCUT2D eigenvalue weighted by molar-refractivity contribution is -0.274. The summed E-state index contributed by atoms with van der Waals surface area (Å²) in [6.07, 6.45) is -2.25. The molecule has 3 unspecified atom stereocenters. The van der Waals surface area contributed by atoms with E-state index < -0.39 is 6.36 Å². The Morgan fingerprint density at radius 2 is 1.72 bits per heavy atom. The van der Waals surface area contributed by atoms with Crippen molar-refractivity contribution in [1.29, 1.82) is 0 Å². The van der Waals surface area contributed by atoms with Gasteiger partial charge in [-0.2, -0.15) is 4.99 Å². The lowest BCUT2D eigenvalue weighted by atomic mass is 9.93. The first-order valence-corrected chi connectivity index (χ1v) is 16.2. The number of benzene rings is 3. The summed E-state index contributed by atoms with van der Waals surface area (Å²) in [5.74, 6) is 1.40. The number of nitrogens with zero attached hydrogens (tertiary/aromatic N) is 5. The van der Waals surface area contributed by atoms with E-state index in [1.807, 2.05) is 43.3 Å². The third kappa shape index (κ3) is 7.90. The molecule has 2 amide bonds. The number of hydrogen-bond acceptors (Lipinski definition) is 5. The summed E-state index contributed by atoms with van der Waals surface area (Å²) in [5, 5.41) is 8.25. The Morgan fingerprint density at radius 1 is 1.02 bits per heavy atom. The summed E-state index contributed by atoms with van der Waals surface area (Å²) in [4.78, 5) is 24.3. The number of halogens is 3. The van der Waals surface area contributed by atoms with Crippen LogP contribution in [-0.2, 0) is 0 Å². The van der Waals surface area contributed by atoms with Gasteiger partial charge in [0.1, 0.15) is 12.1 Å². The number of rotatable bonds is 8. The van der Waals surface area contributed by atoms with Gasteiger partial charge < -0.3 is 15.0 Å². The van der Waals surface area contributed by atoms with Crippen LogP contribution in [0.15, 0.2) is 84.1 Å². The number of hydrogen-bond donors (Lipinski definition) is 1. The zero-order valence-electron chi connectivity index (χ0n) is 26.3. The Kier molecular flexibility index (Phi) is 10.0. The van der Waals surface area contributed by atoms with E-state index in [1.54, 1.807) is 11.8 Å². The van der Waals surface area contributed by atoms with Gasteiger partial charge in [0.25, 0.3) is 0 Å². The van der Waals surface area contributed by atoms with Gasteiger partial charge in [0, 0.05) is 35.0 Å². The van der Waals surface area contributed by atoms with E-state index in [0.717, 1.165) is 29.0 Å². The number of thioether (sulfide) groups is 1. The van der Waals surface area contributed by atoms with Crippen LogP contribution in [0.3, 0.4) is 0 Å². The number of carbonyl (C=O) groups excluding carboxylic acids is 1. The third-order valence-corrected chi connectivity index (χ3v) is 9.04. The molecule has 46 heavy (non-hydrogen) atoms. The molecule has 5 rings (SSSR count). The molecule has 8 nitrogen and oxygen atoms in total. The molecule has 0 radical (unpaired) electrons. The van der Waals surface area contributed by atoms with Crippen LogP contribution in [0.4, 0.5) is 23.7 Å². The first-order valence-electron chi connectivity index (χ1n) is 15.2. The molecule has 242 valence electrons. The summed E-state index contributed by atoms with van der Waals surface area (Å²) >= 11 is 1.61. The average molecular weight is 651 g/mol. The quantitative estimate of drug-likeness (QED) is 0.206. The van der Waals surface area contributed by atoms with Crippen LogP contribution in [0.25, 0.3) is 17.1 Å². The maximum absolute atomic E-state index is 13.2. The molecule has 3 atom stereocenters. The van der Waals surface area contributed by atoms with Crippen LogP contribution in [0.5, 0.6) is 5.75 Å². The fourth-order valence-corrected chi connectivity index (χ4v) is 6.52. The van der Waals surface area contributed by atoms with Crippen LogP contribution >= 0.6 is 11.8 Å². The number of anilines is 1. The molecule has 12 heteroatoms. The highest BCUT2D eigenvalue weighted by Gasteiger charge is 2.31. The van der Waals surface area contributed by atoms with E-state index in [2.05, 4.69) is 69.9 Å². The van der Waals surface area contributed by atoms with Crippen molar-refractivity contribution >= 4 is 28.6 Å². The summed E-state index contributed by atoms with van der Waals surface area (Å²) in [6.45, 7) is 10.5. The number of amidine groups is 1. The lowest BCUT2D eigenvalue weighted by Gasteiger charge is -2.37. The Morgan fingerprint density at radius 3 is 2.39 bits per heavy atom. The van der Waals surface area contributed by atoms with E-state index >= 15 is 0 Å². The van der Waals surface area contributed by atoms with E-state index in [0.29, 0.717) is 22.6 Å². The van der Waals surface area contributed by atoms with Gasteiger partial charge in [-0.25, -0.2) is 14.5 Å². The topological polar surface area (TPSA) is 84.6 Å². The molecule has 3 aromatic carbocycles. The number of aromatic nitrogens is 3. The highest BCUT2D eigenvalue weighted by atomic mass is 32.2. The van der Waals surface area contributed by atoms with Gasteiger partial charge in [-0.3, -0.25) is 0 Å². The molecule has 1 aliphatic rings. The van der Waals surface area contributed by atoms with Crippen molar-refractivity contribution in [2.24, 2.45) is 4.99 Å². The van der Waals surface area contributed by atoms with Crippen molar-refractivity contribution in [3.8, 4) is 22.8 Å². The van der Waals surface area contributed by atoms with Crippen LogP contribution in [-0.4, -0.2) is 50.2 Å². The number of para-hydroxylation sites is 1. The lowest BCUT2D eigenvalue weighted by Crippen LogP contribution is -2.43. The van der Waals surface area contributed by atoms with Gasteiger partial charge in [-0.15, -0.1) is 18.3 Å². The number of ether oxygens (including phenoxy) is 1. The number of carbonyl (C=O) groups is 1. The Bertz CT molecular complexity index is 1670. The molecule has 1 aliphatic heterocycles. The van der Waals surface area contributed by atoms with E-state index in [-0.39, 0.29) is 29.8 Å². The van der Waals surface area contributed by atoms with E-state index in [9.17, 15) is 18.0 Å². The SMILES string of the molecule is CC(C)c1ccccc1N1C(=NC(=O)NC(C)C(C)c2ccc(-c3ncn(-c4ccc(OC(F)(F)F)cc4)n3)cc2)SCCC1C. The van der Waals surface area contributed by atoms with Crippen LogP contribution in [0, 0.1) is 0 Å². The molecule has 1 saturated heterocycles. The Hall–Kier alpha value is -4.32. The largest absolute Gasteiger partial charge is 0.573 e. The summed E-state index contributed by atoms with van der Waals surface area (Å²) in [6, 6.07) is 21.1. The van der Waals surface area contributed by atoms with Gasteiger partial charge >= 0.3 is 12.4 Å². The van der Waals surface area contributed by atoms with Gasteiger partial charge in [-0.05, 0) is 67.6 Å². The predicted octanol–water partition coefficient (Wildman–Crippen LogP) is 8.55. The molecule has 4 aromatic rings. The predicted molar refractivity (Wildman–Crippen MR) is 177 cm³/mol. The monoisotopic (exact) mass is 650 g/mol. The van der Waals surface area contributed by atoms with Gasteiger partial charge in [0.2, 0.25) is 0 Å². The first-order chi connectivity index (χ1) is 21.9. The molecule has 1 fully saturated rings. The van der Waals surface area contributed by atoms with E-state index in [4.69, 9.17) is 0 Å². The highest BCUT2D eigenvalue weighted by molar-refractivity contribution is 8.14. The van der Waals surface area contributed by atoms with Gasteiger partial charge in [-0.1, -0.05) is 75.0 Å². The minimum atomic E-state index is -4.75. The van der Waals surface area contributed by atoms with Crippen molar-refractivity contribution in [2.75, 3.05) is 10.7 Å². The molecule has 0 bridgehead atoms. The second kappa shape index (κ2) is 14.0. The molecule has 0 spiro atoms. The summed E-state index contributed by atoms with van der Waals surface area (Å²) in [7, 11) is 0. The molecule has 0 aliphatic carbocycles. The summed E-state index contributed by atoms with van der Waals surface area (Å²) < 4.78 is 42.8. The first kappa shape index (κ1) is 33.1. The molecule has 0 saturated carbocycles. The van der Waals surface area contributed by atoms with Crippen LogP contribution in [0.1, 0.15) is 64.0 Å². The smallest absolute Gasteiger partial charge is 0.406 e. The molecule has 1 N–H and O–H groups in total. The van der Waals surface area contributed by atoms with E-state index in [1.165, 1.54) is 40.8 Å². The highest BCUT2D eigenvalue weighted by Crippen LogP contribution is 2.35. The zero-order chi connectivity index (χ0) is 33.0. The van der Waals surface area contributed by atoms with Crippen molar-refractivity contribution in [2.45, 2.75) is 71.3 Å². The average Bonchev–Trinajstić information content (AvgIpc) is 3.51. The standard InChI is InChI=1S/C34H37F3N6O2S/c1-21(2)29-8-6-7-9-30(29)43-22(3)18-19-46-33(43)40-32(44)39-24(5)23(4)25-10-12-26(13-11-25)31-38-20-42(41-31)27-14-16-28(17-15-27)45-34(35,36)37/h6-17,20-24H,18-19H2,1-5H3,(H,39,44). The number of nitrogens with one attached hydrogen (secondary N) is 1. The fraction of sp³-hybridized carbons (Fsp3) is 0.353. The molecule has 2 heterocycles. The number of aliphatic imine (C=N–C) groups is 1. The maximum Gasteiger partial charge on any atom is 0.573 e. The van der Waals surface area contributed by atoms with Crippen molar-refractivity contribution in [1.82, 2.24) is 20.1 Å². The zero-order valence-corrected chi connectivity index (χ0v) is 27.1. The van der Waals surface area contributed by atoms with Gasteiger partial charge in [0.15, 0.2) is 11.0 Å². The number of alkyl halides is 3. The van der Waals surface area contributed by atoms with Crippen LogP contribution < -0.4 is 15.0 Å². The fourth-order valence-electron chi connectivity index (χ4n) is 5.31. The van der Waals surface area contributed by atoms with Crippen molar-refractivity contribution in [3.63, 3.8) is 0 Å². The maximum atomic E-state index is 13.2. The normalized spacial score (nSPS) is 17.6. The second-order valence-electron chi connectivity index (χ2n) is 11.7. The van der Waals surface area contributed by atoms with Crippen molar-refractivity contribution < 1.29 is 22.7 Å². The summed E-state index contributed by atoms with van der Waals surface area (Å²) in [5.41, 5.74) is 4.67. The minimum Gasteiger partial charge on any atom is -0.406 e. The number of amides is 2. The van der Waals surface area contributed by atoms with Crippen molar-refractivity contribution in [3.05, 3.63) is 90.3 Å². The Labute approximate surface area is 271 Å². The molecule has 1 aromatic heterocycles. The minimum absolute atomic E-state index is 0.00292. The molecular weight excluding hydrogens is 613 g/mol. The number of urea groups is 1. The Balaban J connectivity index is 1.24. The third-order valence-electron chi connectivity index (χ3n) is 8.05.